The molecule has 1 atom stereocenters. The lowest BCUT2D eigenvalue weighted by Crippen LogP contribution is -2.44. The lowest BCUT2D eigenvalue weighted by molar-refractivity contribution is -0.145. The number of imidazole rings is 1. The van der Waals surface area contributed by atoms with Gasteiger partial charge in [0.05, 0.1) is 11.0 Å². The number of carboxylic acid groups (broad SMARTS) is 1. The number of nitrogens with one attached hydrogen (secondary N) is 1. The maximum Gasteiger partial charge on any atom is 0.334 e. The number of nitrogens with zero attached hydrogens (tertiary/aromatic N) is 5. The summed E-state index contributed by atoms with van der Waals surface area (Å²) in [5, 5.41) is 25.2. The molecule has 4 rings (SSSR count). The van der Waals surface area contributed by atoms with Crippen molar-refractivity contribution in [2.24, 2.45) is 0 Å². The molecule has 2 heterocycles. The van der Waals surface area contributed by atoms with Gasteiger partial charge in [0.15, 0.2) is 5.54 Å². The second-order valence-corrected chi connectivity index (χ2v) is 7.74. The Morgan fingerprint density at radius 2 is 1.87 bits per heavy atom. The van der Waals surface area contributed by atoms with Gasteiger partial charge < -0.3 is 9.67 Å². The van der Waals surface area contributed by atoms with Crippen LogP contribution < -0.4 is 0 Å². The number of fused-ring (bicyclic) bond motifs is 1. The molecule has 160 valence electrons. The molecule has 0 saturated heterocycles. The van der Waals surface area contributed by atoms with Crippen LogP contribution in [-0.2, 0) is 10.3 Å². The number of rotatable bonds is 9. The van der Waals surface area contributed by atoms with Crippen LogP contribution in [0.5, 0.6) is 0 Å². The molecule has 31 heavy (non-hydrogen) atoms. The molecule has 0 aliphatic rings. The molecule has 0 saturated carbocycles. The number of aliphatic carboxylic acids is 1. The van der Waals surface area contributed by atoms with Crippen LogP contribution in [0, 0.1) is 6.92 Å². The number of tetrazole rings is 1. The van der Waals surface area contributed by atoms with E-state index in [2.05, 4.69) is 32.5 Å². The number of hydrogen-bond donors (Lipinski definition) is 2. The topological polar surface area (TPSA) is 110 Å². The van der Waals surface area contributed by atoms with Crippen LogP contribution in [0.3, 0.4) is 0 Å². The summed E-state index contributed by atoms with van der Waals surface area (Å²) >= 11 is 0. The van der Waals surface area contributed by atoms with E-state index >= 15 is 0 Å². The molecule has 0 amide bonds. The molecule has 8 nitrogen and oxygen atoms in total. The first-order valence-corrected chi connectivity index (χ1v) is 10.6. The fourth-order valence-corrected chi connectivity index (χ4v) is 4.44. The highest BCUT2D eigenvalue weighted by Crippen LogP contribution is 2.40. The van der Waals surface area contributed by atoms with Crippen molar-refractivity contribution in [1.82, 2.24) is 30.2 Å². The highest BCUT2D eigenvalue weighted by molar-refractivity contribution is 5.88. The van der Waals surface area contributed by atoms with Crippen LogP contribution in [0.1, 0.15) is 50.4 Å². The van der Waals surface area contributed by atoms with E-state index in [1.807, 2.05) is 60.0 Å². The number of unbranched alkanes of at least 4 members (excludes halogenated alkanes) is 3. The van der Waals surface area contributed by atoms with E-state index in [1.165, 1.54) is 0 Å². The Bertz CT molecular complexity index is 1180. The summed E-state index contributed by atoms with van der Waals surface area (Å²) < 4.78 is 1.87. The average Bonchev–Trinajstić information content (AvgIpc) is 3.42. The number of aromatic nitrogens is 6. The fourth-order valence-electron chi connectivity index (χ4n) is 4.44. The molecule has 4 aromatic rings. The highest BCUT2D eigenvalue weighted by Gasteiger charge is 2.45. The summed E-state index contributed by atoms with van der Waals surface area (Å²) in [5.41, 5.74) is 1.49. The van der Waals surface area contributed by atoms with Crippen LogP contribution in [0.2, 0.25) is 0 Å². The summed E-state index contributed by atoms with van der Waals surface area (Å²) in [4.78, 5) is 17.9. The molecule has 0 fully saturated rings. The molecule has 0 aliphatic carbocycles. The molecule has 2 aromatic heterocycles. The molecule has 2 aromatic carbocycles. The van der Waals surface area contributed by atoms with Gasteiger partial charge in [-0.25, -0.2) is 9.78 Å². The van der Waals surface area contributed by atoms with Crippen molar-refractivity contribution >= 4 is 17.0 Å². The van der Waals surface area contributed by atoms with Crippen molar-refractivity contribution in [2.45, 2.75) is 51.5 Å². The lowest BCUT2D eigenvalue weighted by Gasteiger charge is -2.34. The van der Waals surface area contributed by atoms with Gasteiger partial charge in [0.2, 0.25) is 5.82 Å². The third kappa shape index (κ3) is 3.58. The van der Waals surface area contributed by atoms with Gasteiger partial charge in [-0.1, -0.05) is 69.0 Å². The van der Waals surface area contributed by atoms with Gasteiger partial charge in [0, 0.05) is 11.1 Å². The highest BCUT2D eigenvalue weighted by atomic mass is 16.4. The van der Waals surface area contributed by atoms with Gasteiger partial charge in [-0.2, -0.15) is 5.21 Å². The first kappa shape index (κ1) is 20.7. The van der Waals surface area contributed by atoms with Crippen LogP contribution in [0.25, 0.3) is 22.4 Å². The van der Waals surface area contributed by atoms with E-state index in [1.54, 1.807) is 0 Å². The lowest BCUT2D eigenvalue weighted by atomic mass is 9.81. The number of aromatic amines is 1. The van der Waals surface area contributed by atoms with Gasteiger partial charge in [-0.15, -0.1) is 10.2 Å². The summed E-state index contributed by atoms with van der Waals surface area (Å²) in [5.74, 6) is 0.102. The summed E-state index contributed by atoms with van der Waals surface area (Å²) in [6.45, 7) is 4.00. The van der Waals surface area contributed by atoms with E-state index in [-0.39, 0.29) is 0 Å². The predicted octanol–water partition coefficient (Wildman–Crippen LogP) is 4.32. The fraction of sp³-hybridized carbons (Fsp3) is 0.348. The third-order valence-electron chi connectivity index (χ3n) is 5.82. The zero-order chi connectivity index (χ0) is 21.8. The summed E-state index contributed by atoms with van der Waals surface area (Å²) in [6.07, 6.45) is 4.30. The number of carboxylic acids is 1. The van der Waals surface area contributed by atoms with E-state index in [4.69, 9.17) is 0 Å². The largest absolute Gasteiger partial charge is 0.479 e. The minimum atomic E-state index is -1.36. The normalized spacial score (nSPS) is 13.4. The third-order valence-corrected chi connectivity index (χ3v) is 5.82. The Hall–Kier alpha value is -3.55. The molecule has 0 radical (unpaired) electrons. The molecule has 0 bridgehead atoms. The van der Waals surface area contributed by atoms with Crippen molar-refractivity contribution in [3.8, 4) is 11.4 Å². The van der Waals surface area contributed by atoms with Crippen LogP contribution in [0.4, 0.5) is 0 Å². The molecule has 0 spiro atoms. The van der Waals surface area contributed by atoms with E-state index in [9.17, 15) is 9.90 Å². The Morgan fingerprint density at radius 1 is 1.10 bits per heavy atom. The average molecular weight is 419 g/mol. The SMILES string of the molecule is CCCCCCC(C(=O)O)(c1ccccc1-c1nn[nH]n1)n1c(C)nc2ccccc21. The second kappa shape index (κ2) is 8.67. The Kier molecular flexibility index (Phi) is 5.79. The number of H-pyrrole nitrogens is 1. The summed E-state index contributed by atoms with van der Waals surface area (Å²) in [6, 6.07) is 15.1. The quantitative estimate of drug-likeness (QED) is 0.392. The van der Waals surface area contributed by atoms with Crippen LogP contribution in [0.15, 0.2) is 48.5 Å². The van der Waals surface area contributed by atoms with Crippen LogP contribution in [-0.4, -0.2) is 41.3 Å². The molecule has 2 N–H and O–H groups in total. The van der Waals surface area contributed by atoms with Gasteiger partial charge >= 0.3 is 5.97 Å². The molecule has 1 unspecified atom stereocenters. The van der Waals surface area contributed by atoms with Crippen molar-refractivity contribution in [3.05, 3.63) is 59.9 Å². The van der Waals surface area contributed by atoms with Gasteiger partial charge in [0.1, 0.15) is 5.82 Å². The van der Waals surface area contributed by atoms with Gasteiger partial charge in [0.25, 0.3) is 0 Å². The molecule has 0 aliphatic heterocycles. The number of aryl methyl sites for hydroxylation is 1. The number of hydrogen-bond acceptors (Lipinski definition) is 5. The number of carbonyl (C=O) groups is 1. The smallest absolute Gasteiger partial charge is 0.334 e. The monoisotopic (exact) mass is 418 g/mol. The number of benzene rings is 2. The second-order valence-electron chi connectivity index (χ2n) is 7.74. The minimum absolute atomic E-state index is 0.372. The Morgan fingerprint density at radius 3 is 2.61 bits per heavy atom. The van der Waals surface area contributed by atoms with Crippen LogP contribution >= 0.6 is 0 Å². The first-order valence-electron chi connectivity index (χ1n) is 10.6. The van der Waals surface area contributed by atoms with Crippen molar-refractivity contribution in [3.63, 3.8) is 0 Å². The maximum atomic E-state index is 13.2. The van der Waals surface area contributed by atoms with Gasteiger partial charge in [-0.3, -0.25) is 0 Å². The van der Waals surface area contributed by atoms with Gasteiger partial charge in [-0.05, 0) is 30.7 Å². The maximum absolute atomic E-state index is 13.2. The number of para-hydroxylation sites is 2. The molecular formula is C23H26N6O2. The van der Waals surface area contributed by atoms with Crippen molar-refractivity contribution in [1.29, 1.82) is 0 Å². The van der Waals surface area contributed by atoms with Crippen molar-refractivity contribution in [2.75, 3.05) is 0 Å². The van der Waals surface area contributed by atoms with E-state index in [0.717, 1.165) is 36.7 Å². The Labute approximate surface area is 180 Å². The minimum Gasteiger partial charge on any atom is -0.479 e. The zero-order valence-electron chi connectivity index (χ0n) is 17.7. The molecular weight excluding hydrogens is 392 g/mol. The zero-order valence-corrected chi connectivity index (χ0v) is 17.7. The van der Waals surface area contributed by atoms with Crippen molar-refractivity contribution < 1.29 is 9.90 Å². The summed E-state index contributed by atoms with van der Waals surface area (Å²) in [7, 11) is 0. The predicted molar refractivity (Wildman–Crippen MR) is 118 cm³/mol. The van der Waals surface area contributed by atoms with E-state index in [0.29, 0.717) is 29.2 Å². The molecule has 8 heteroatoms. The van der Waals surface area contributed by atoms with E-state index < -0.39 is 11.5 Å². The first-order chi connectivity index (χ1) is 15.1. The standard InChI is InChI=1S/C23H26N6O2/c1-3-4-5-10-15-23(22(30)31,29-16(2)24-19-13-8-9-14-20(19)29)18-12-7-6-11-17(18)21-25-27-28-26-21/h6-9,11-14H,3-5,10,15H2,1-2H3,(H,30,31)(H,25,26,27,28). The Balaban J connectivity index is 2.01.